The van der Waals surface area contributed by atoms with Crippen LogP contribution in [0, 0.1) is 6.92 Å². The lowest BCUT2D eigenvalue weighted by molar-refractivity contribution is 0.507. The van der Waals surface area contributed by atoms with Crippen LogP contribution in [0.3, 0.4) is 0 Å². The molecule has 4 nitrogen and oxygen atoms in total. The van der Waals surface area contributed by atoms with Crippen molar-refractivity contribution < 1.29 is 4.42 Å². The van der Waals surface area contributed by atoms with E-state index in [0.717, 1.165) is 23.0 Å². The summed E-state index contributed by atoms with van der Waals surface area (Å²) in [5.74, 6) is 1.81. The standard InChI is InChI=1S/C12H15N3O/c1-9-11(13)5-6-12(14-9)15(2)8-10-4-3-7-16-10/h3-7H,8,13H2,1-2H3. The van der Waals surface area contributed by atoms with E-state index in [0.29, 0.717) is 6.54 Å². The molecule has 84 valence electrons. The minimum atomic E-state index is 0.698. The Bertz CT molecular complexity index is 465. The van der Waals surface area contributed by atoms with Gasteiger partial charge in [0.15, 0.2) is 0 Å². The van der Waals surface area contributed by atoms with Crippen molar-refractivity contribution in [1.82, 2.24) is 4.98 Å². The number of aryl methyl sites for hydroxylation is 1. The number of pyridine rings is 1. The molecule has 2 rings (SSSR count). The molecule has 0 aliphatic heterocycles. The molecule has 0 radical (unpaired) electrons. The first-order valence-electron chi connectivity index (χ1n) is 5.13. The Morgan fingerprint density at radius 1 is 1.38 bits per heavy atom. The summed E-state index contributed by atoms with van der Waals surface area (Å²) in [7, 11) is 1.97. The van der Waals surface area contributed by atoms with E-state index in [1.165, 1.54) is 0 Å². The Labute approximate surface area is 94.7 Å². The van der Waals surface area contributed by atoms with Gasteiger partial charge in [0.05, 0.1) is 24.2 Å². The maximum Gasteiger partial charge on any atom is 0.129 e. The minimum absolute atomic E-state index is 0.698. The topological polar surface area (TPSA) is 55.3 Å². The number of hydrogen-bond acceptors (Lipinski definition) is 4. The third-order valence-electron chi connectivity index (χ3n) is 2.48. The summed E-state index contributed by atoms with van der Waals surface area (Å²) in [6.45, 7) is 2.60. The van der Waals surface area contributed by atoms with Crippen LogP contribution in [0.1, 0.15) is 11.5 Å². The highest BCUT2D eigenvalue weighted by molar-refractivity contribution is 5.50. The van der Waals surface area contributed by atoms with Crippen LogP contribution in [0.15, 0.2) is 34.9 Å². The molecule has 0 aromatic carbocycles. The first-order valence-corrected chi connectivity index (χ1v) is 5.13. The molecule has 0 aliphatic rings. The van der Waals surface area contributed by atoms with E-state index in [1.807, 2.05) is 43.1 Å². The van der Waals surface area contributed by atoms with E-state index in [2.05, 4.69) is 4.98 Å². The first-order chi connectivity index (χ1) is 7.66. The van der Waals surface area contributed by atoms with Gasteiger partial charge in [0.1, 0.15) is 11.6 Å². The Kier molecular flexibility index (Phi) is 2.81. The summed E-state index contributed by atoms with van der Waals surface area (Å²) >= 11 is 0. The number of nitrogens with two attached hydrogens (primary N) is 1. The summed E-state index contributed by atoms with van der Waals surface area (Å²) < 4.78 is 5.29. The highest BCUT2D eigenvalue weighted by Crippen LogP contribution is 2.16. The second-order valence-corrected chi connectivity index (χ2v) is 3.78. The highest BCUT2D eigenvalue weighted by Gasteiger charge is 2.06. The molecule has 0 aliphatic carbocycles. The number of nitrogens with zero attached hydrogens (tertiary/aromatic N) is 2. The number of aromatic nitrogens is 1. The van der Waals surface area contributed by atoms with Crippen LogP contribution >= 0.6 is 0 Å². The normalized spacial score (nSPS) is 10.4. The van der Waals surface area contributed by atoms with Crippen molar-refractivity contribution >= 4 is 11.5 Å². The highest BCUT2D eigenvalue weighted by atomic mass is 16.3. The van der Waals surface area contributed by atoms with Gasteiger partial charge in [-0.15, -0.1) is 0 Å². The Morgan fingerprint density at radius 3 is 2.81 bits per heavy atom. The molecule has 2 aromatic rings. The van der Waals surface area contributed by atoms with Crippen molar-refractivity contribution in [1.29, 1.82) is 0 Å². The van der Waals surface area contributed by atoms with Crippen LogP contribution in [-0.4, -0.2) is 12.0 Å². The molecule has 16 heavy (non-hydrogen) atoms. The summed E-state index contributed by atoms with van der Waals surface area (Å²) in [5, 5.41) is 0. The molecule has 0 bridgehead atoms. The fourth-order valence-electron chi connectivity index (χ4n) is 1.49. The summed E-state index contributed by atoms with van der Waals surface area (Å²) in [4.78, 5) is 6.43. The molecule has 0 atom stereocenters. The van der Waals surface area contributed by atoms with Gasteiger partial charge in [-0.1, -0.05) is 0 Å². The number of nitrogen functional groups attached to an aromatic ring is 1. The molecular weight excluding hydrogens is 202 g/mol. The van der Waals surface area contributed by atoms with Gasteiger partial charge in [0.25, 0.3) is 0 Å². The molecule has 0 unspecified atom stereocenters. The summed E-state index contributed by atoms with van der Waals surface area (Å²) in [6.07, 6.45) is 1.67. The largest absolute Gasteiger partial charge is 0.467 e. The van der Waals surface area contributed by atoms with Gasteiger partial charge in [0.2, 0.25) is 0 Å². The Balaban J connectivity index is 2.14. The lowest BCUT2D eigenvalue weighted by atomic mass is 10.3. The second kappa shape index (κ2) is 4.26. The SMILES string of the molecule is Cc1nc(N(C)Cc2ccco2)ccc1N. The van der Waals surface area contributed by atoms with Crippen molar-refractivity contribution in [2.75, 3.05) is 17.7 Å². The van der Waals surface area contributed by atoms with Gasteiger partial charge in [-0.25, -0.2) is 4.98 Å². The van der Waals surface area contributed by atoms with Gasteiger partial charge in [-0.05, 0) is 31.2 Å². The zero-order chi connectivity index (χ0) is 11.5. The molecule has 0 saturated carbocycles. The number of hydrogen-bond donors (Lipinski definition) is 1. The first kappa shape index (κ1) is 10.5. The van der Waals surface area contributed by atoms with Gasteiger partial charge in [-0.3, -0.25) is 0 Å². The van der Waals surface area contributed by atoms with Crippen LogP contribution in [0.25, 0.3) is 0 Å². The maximum atomic E-state index is 5.73. The molecular formula is C12H15N3O. The molecule has 0 spiro atoms. The summed E-state index contributed by atoms with van der Waals surface area (Å²) in [6, 6.07) is 7.60. The van der Waals surface area contributed by atoms with Crippen molar-refractivity contribution in [2.45, 2.75) is 13.5 Å². The molecule has 0 amide bonds. The molecule has 4 heteroatoms. The number of furan rings is 1. The van der Waals surface area contributed by atoms with Gasteiger partial charge < -0.3 is 15.1 Å². The summed E-state index contributed by atoms with van der Waals surface area (Å²) in [5.41, 5.74) is 7.29. The predicted octanol–water partition coefficient (Wildman–Crippen LogP) is 2.20. The number of anilines is 2. The second-order valence-electron chi connectivity index (χ2n) is 3.78. The Morgan fingerprint density at radius 2 is 2.19 bits per heavy atom. The van der Waals surface area contributed by atoms with Gasteiger partial charge in [-0.2, -0.15) is 0 Å². The molecule has 0 saturated heterocycles. The van der Waals surface area contributed by atoms with Crippen molar-refractivity contribution in [2.24, 2.45) is 0 Å². The molecule has 2 heterocycles. The zero-order valence-electron chi connectivity index (χ0n) is 9.47. The monoisotopic (exact) mass is 217 g/mol. The van der Waals surface area contributed by atoms with Crippen molar-refractivity contribution in [3.05, 3.63) is 42.0 Å². The Hall–Kier alpha value is -1.97. The quantitative estimate of drug-likeness (QED) is 0.856. The molecule has 2 aromatic heterocycles. The fraction of sp³-hybridized carbons (Fsp3) is 0.250. The van der Waals surface area contributed by atoms with E-state index in [-0.39, 0.29) is 0 Å². The third kappa shape index (κ3) is 2.16. The minimum Gasteiger partial charge on any atom is -0.467 e. The van der Waals surface area contributed by atoms with E-state index in [4.69, 9.17) is 10.2 Å². The van der Waals surface area contributed by atoms with Crippen LogP contribution in [-0.2, 0) is 6.54 Å². The smallest absolute Gasteiger partial charge is 0.129 e. The number of rotatable bonds is 3. The van der Waals surface area contributed by atoms with Crippen LogP contribution in [0.5, 0.6) is 0 Å². The van der Waals surface area contributed by atoms with E-state index in [9.17, 15) is 0 Å². The lowest BCUT2D eigenvalue weighted by Crippen LogP contribution is -2.17. The van der Waals surface area contributed by atoms with E-state index >= 15 is 0 Å². The lowest BCUT2D eigenvalue weighted by Gasteiger charge is -2.17. The van der Waals surface area contributed by atoms with Crippen LogP contribution in [0.4, 0.5) is 11.5 Å². The van der Waals surface area contributed by atoms with Crippen molar-refractivity contribution in [3.63, 3.8) is 0 Å². The van der Waals surface area contributed by atoms with E-state index < -0.39 is 0 Å². The van der Waals surface area contributed by atoms with Crippen molar-refractivity contribution in [3.8, 4) is 0 Å². The molecule has 0 fully saturated rings. The van der Waals surface area contributed by atoms with Gasteiger partial charge >= 0.3 is 0 Å². The molecule has 2 N–H and O–H groups in total. The average Bonchev–Trinajstić information content (AvgIpc) is 2.74. The third-order valence-corrected chi connectivity index (χ3v) is 2.48. The van der Waals surface area contributed by atoms with Crippen LogP contribution < -0.4 is 10.6 Å². The average molecular weight is 217 g/mol. The fourth-order valence-corrected chi connectivity index (χ4v) is 1.49. The van der Waals surface area contributed by atoms with Gasteiger partial charge in [0, 0.05) is 7.05 Å². The zero-order valence-corrected chi connectivity index (χ0v) is 9.47. The van der Waals surface area contributed by atoms with E-state index in [1.54, 1.807) is 6.26 Å². The van der Waals surface area contributed by atoms with Crippen LogP contribution in [0.2, 0.25) is 0 Å². The predicted molar refractivity (Wildman–Crippen MR) is 64.2 cm³/mol. The maximum absolute atomic E-state index is 5.73.